The van der Waals surface area contributed by atoms with Crippen LogP contribution in [0.3, 0.4) is 0 Å². The minimum atomic E-state index is 0.153. The predicted molar refractivity (Wildman–Crippen MR) is 77.2 cm³/mol. The third-order valence-corrected chi connectivity index (χ3v) is 4.39. The fourth-order valence-electron chi connectivity index (χ4n) is 1.74. The molecule has 2 aromatic heterocycles. The Morgan fingerprint density at radius 3 is 2.88 bits per heavy atom. The van der Waals surface area contributed by atoms with Crippen LogP contribution in [0.1, 0.15) is 19.4 Å². The number of aryl methyl sites for hydroxylation is 1. The molecule has 3 nitrogen and oxygen atoms in total. The summed E-state index contributed by atoms with van der Waals surface area (Å²) >= 11 is 7.21. The van der Waals surface area contributed by atoms with Gasteiger partial charge in [-0.2, -0.15) is 11.8 Å². The molecule has 0 fully saturated rings. The molecule has 0 amide bonds. The number of imidazole rings is 1. The number of hydrogen-bond donors (Lipinski definition) is 1. The highest BCUT2D eigenvalue weighted by Crippen LogP contribution is 2.25. The van der Waals surface area contributed by atoms with Crippen molar-refractivity contribution in [1.29, 1.82) is 0 Å². The lowest BCUT2D eigenvalue weighted by atomic mass is 10.2. The van der Waals surface area contributed by atoms with Gasteiger partial charge in [0.15, 0.2) is 10.4 Å². The maximum Gasteiger partial charge on any atom is 0.179 e. The molecule has 5 heteroatoms. The van der Waals surface area contributed by atoms with Crippen LogP contribution in [0, 0.1) is 11.7 Å². The van der Waals surface area contributed by atoms with Crippen LogP contribution in [0.25, 0.3) is 11.2 Å². The lowest BCUT2D eigenvalue weighted by Gasteiger charge is -2.22. The second-order valence-corrected chi connectivity index (χ2v) is 6.76. The molecule has 0 aliphatic rings. The van der Waals surface area contributed by atoms with Crippen molar-refractivity contribution in [2.75, 3.05) is 6.26 Å². The van der Waals surface area contributed by atoms with E-state index < -0.39 is 0 Å². The smallest absolute Gasteiger partial charge is 0.179 e. The number of rotatable bonds is 3. The Kier molecular flexibility index (Phi) is 3.32. The minimum absolute atomic E-state index is 0.153. The maximum absolute atomic E-state index is 5.37. The van der Waals surface area contributed by atoms with Crippen LogP contribution in [-0.2, 0) is 6.54 Å². The number of H-pyrrole nitrogens is 1. The molecule has 1 N–H and O–H groups in total. The monoisotopic (exact) mass is 267 g/mol. The molecule has 0 saturated carbocycles. The van der Waals surface area contributed by atoms with E-state index in [1.807, 2.05) is 24.9 Å². The average molecular weight is 267 g/mol. The van der Waals surface area contributed by atoms with Crippen molar-refractivity contribution in [3.05, 3.63) is 22.6 Å². The first-order valence-electron chi connectivity index (χ1n) is 5.53. The molecule has 17 heavy (non-hydrogen) atoms. The summed E-state index contributed by atoms with van der Waals surface area (Å²) in [6, 6.07) is 2.08. The largest absolute Gasteiger partial charge is 0.329 e. The van der Waals surface area contributed by atoms with Crippen molar-refractivity contribution in [3.63, 3.8) is 0 Å². The number of nitrogens with zero attached hydrogens (tertiary/aromatic N) is 2. The third kappa shape index (κ3) is 2.55. The van der Waals surface area contributed by atoms with Crippen LogP contribution in [-0.4, -0.2) is 25.5 Å². The summed E-state index contributed by atoms with van der Waals surface area (Å²) in [4.78, 5) is 7.70. The number of hydrogen-bond acceptors (Lipinski definition) is 3. The quantitative estimate of drug-likeness (QED) is 0.864. The van der Waals surface area contributed by atoms with Gasteiger partial charge in [0.05, 0.1) is 5.52 Å². The van der Waals surface area contributed by atoms with Crippen LogP contribution in [0.2, 0.25) is 0 Å². The van der Waals surface area contributed by atoms with Gasteiger partial charge >= 0.3 is 0 Å². The van der Waals surface area contributed by atoms with Crippen LogP contribution < -0.4 is 0 Å². The van der Waals surface area contributed by atoms with Gasteiger partial charge in [-0.15, -0.1) is 0 Å². The Bertz CT molecular complexity index is 595. The molecule has 0 aromatic carbocycles. The SMILES string of the molecule is CSC(C)(C)Cn1c(=S)[nH]c2cc(C)cnc21. The van der Waals surface area contributed by atoms with Crippen LogP contribution in [0.15, 0.2) is 12.3 Å². The molecule has 0 saturated heterocycles. The van der Waals surface area contributed by atoms with Gasteiger partial charge in [0, 0.05) is 17.5 Å². The molecule has 2 aromatic rings. The highest BCUT2D eigenvalue weighted by Gasteiger charge is 2.19. The van der Waals surface area contributed by atoms with E-state index in [4.69, 9.17) is 12.2 Å². The molecule has 0 spiro atoms. The number of pyridine rings is 1. The molecule has 92 valence electrons. The molecule has 0 unspecified atom stereocenters. The number of aromatic nitrogens is 3. The number of thioether (sulfide) groups is 1. The van der Waals surface area contributed by atoms with E-state index >= 15 is 0 Å². The zero-order valence-electron chi connectivity index (χ0n) is 10.6. The minimum Gasteiger partial charge on any atom is -0.329 e. The molecule has 2 heterocycles. The maximum atomic E-state index is 5.37. The fraction of sp³-hybridized carbons (Fsp3) is 0.500. The Morgan fingerprint density at radius 2 is 2.24 bits per heavy atom. The third-order valence-electron chi connectivity index (χ3n) is 2.84. The van der Waals surface area contributed by atoms with Gasteiger partial charge in [-0.05, 0) is 50.9 Å². The molecular weight excluding hydrogens is 250 g/mol. The van der Waals surface area contributed by atoms with Crippen molar-refractivity contribution in [1.82, 2.24) is 14.5 Å². The zero-order valence-corrected chi connectivity index (χ0v) is 12.2. The average Bonchev–Trinajstić information content (AvgIpc) is 2.54. The Hall–Kier alpha value is -0.810. The molecular formula is C12H17N3S2. The van der Waals surface area contributed by atoms with E-state index in [1.54, 1.807) is 0 Å². The second kappa shape index (κ2) is 4.46. The van der Waals surface area contributed by atoms with E-state index in [0.717, 1.165) is 28.0 Å². The van der Waals surface area contributed by atoms with Crippen molar-refractivity contribution in [2.24, 2.45) is 0 Å². The normalized spacial score (nSPS) is 12.2. The van der Waals surface area contributed by atoms with Crippen LogP contribution in [0.4, 0.5) is 0 Å². The topological polar surface area (TPSA) is 33.6 Å². The van der Waals surface area contributed by atoms with Gasteiger partial charge < -0.3 is 9.55 Å². The molecule has 2 rings (SSSR count). The number of fused-ring (bicyclic) bond motifs is 1. The summed E-state index contributed by atoms with van der Waals surface area (Å²) < 4.78 is 2.99. The van der Waals surface area contributed by atoms with Gasteiger partial charge in [-0.25, -0.2) is 4.98 Å². The van der Waals surface area contributed by atoms with Crippen molar-refractivity contribution in [2.45, 2.75) is 32.1 Å². The van der Waals surface area contributed by atoms with Gasteiger partial charge in [0.1, 0.15) is 0 Å². The van der Waals surface area contributed by atoms with Crippen LogP contribution in [0.5, 0.6) is 0 Å². The predicted octanol–water partition coefficient (Wildman–Crippen LogP) is 3.54. The van der Waals surface area contributed by atoms with E-state index in [-0.39, 0.29) is 4.75 Å². The van der Waals surface area contributed by atoms with Crippen LogP contribution >= 0.6 is 24.0 Å². The lowest BCUT2D eigenvalue weighted by Crippen LogP contribution is -2.22. The first-order chi connectivity index (χ1) is 7.93. The Morgan fingerprint density at radius 1 is 1.53 bits per heavy atom. The summed E-state index contributed by atoms with van der Waals surface area (Å²) in [7, 11) is 0. The molecule has 0 atom stereocenters. The van der Waals surface area contributed by atoms with E-state index in [9.17, 15) is 0 Å². The highest BCUT2D eigenvalue weighted by atomic mass is 32.2. The summed E-state index contributed by atoms with van der Waals surface area (Å²) in [5, 5.41) is 0. The first-order valence-corrected chi connectivity index (χ1v) is 7.16. The van der Waals surface area contributed by atoms with E-state index in [2.05, 4.69) is 40.7 Å². The molecule has 0 radical (unpaired) electrons. The number of nitrogens with one attached hydrogen (secondary N) is 1. The van der Waals surface area contributed by atoms with Crippen molar-refractivity contribution in [3.8, 4) is 0 Å². The van der Waals surface area contributed by atoms with Gasteiger partial charge in [0.25, 0.3) is 0 Å². The van der Waals surface area contributed by atoms with E-state index in [0.29, 0.717) is 0 Å². The summed E-state index contributed by atoms with van der Waals surface area (Å²) in [6.45, 7) is 7.33. The second-order valence-electron chi connectivity index (χ2n) is 4.86. The summed E-state index contributed by atoms with van der Waals surface area (Å²) in [5.41, 5.74) is 3.11. The Balaban J connectivity index is 2.54. The highest BCUT2D eigenvalue weighted by molar-refractivity contribution is 7.99. The lowest BCUT2D eigenvalue weighted by molar-refractivity contribution is 0.572. The summed E-state index contributed by atoms with van der Waals surface area (Å²) in [6.07, 6.45) is 4.00. The molecule has 0 aliphatic heterocycles. The zero-order chi connectivity index (χ0) is 12.6. The molecule has 0 bridgehead atoms. The van der Waals surface area contributed by atoms with Gasteiger partial charge in [-0.3, -0.25) is 0 Å². The number of aromatic amines is 1. The first kappa shape index (κ1) is 12.6. The molecule has 0 aliphatic carbocycles. The van der Waals surface area contributed by atoms with Crippen molar-refractivity contribution < 1.29 is 0 Å². The van der Waals surface area contributed by atoms with Crippen molar-refractivity contribution >= 4 is 35.1 Å². The fourth-order valence-corrected chi connectivity index (χ4v) is 2.26. The van der Waals surface area contributed by atoms with E-state index in [1.165, 1.54) is 0 Å². The van der Waals surface area contributed by atoms with Gasteiger partial charge in [0.2, 0.25) is 0 Å². The standard InChI is InChI=1S/C12H17N3S2/c1-8-5-9-10(13-6-8)15(11(16)14-9)7-12(2,3)17-4/h5-6H,7H2,1-4H3,(H,14,16). The van der Waals surface area contributed by atoms with Gasteiger partial charge in [-0.1, -0.05) is 0 Å². The summed E-state index contributed by atoms with van der Waals surface area (Å²) in [5.74, 6) is 0. The Labute approximate surface area is 111 Å².